The van der Waals surface area contributed by atoms with Crippen LogP contribution in [0.2, 0.25) is 0 Å². The summed E-state index contributed by atoms with van der Waals surface area (Å²) in [5.74, 6) is 0.490. The smallest absolute Gasteiger partial charge is 0.370 e. The van der Waals surface area contributed by atoms with Crippen molar-refractivity contribution >= 4 is 0 Å². The van der Waals surface area contributed by atoms with Crippen molar-refractivity contribution in [3.05, 3.63) is 16.4 Å². The second-order valence-corrected chi connectivity index (χ2v) is 4.25. The first-order valence-electron chi connectivity index (χ1n) is 5.98. The molecular formula is C11H18N2O3. The fraction of sp³-hybridized carbons (Fsp3) is 0.818. The van der Waals surface area contributed by atoms with Gasteiger partial charge in [-0.15, -0.1) is 0 Å². The highest BCUT2D eigenvalue weighted by atomic mass is 16.5. The van der Waals surface area contributed by atoms with Crippen LogP contribution in [-0.4, -0.2) is 16.7 Å². The summed E-state index contributed by atoms with van der Waals surface area (Å²) in [7, 11) is 0. The van der Waals surface area contributed by atoms with Gasteiger partial charge >= 0.3 is 5.76 Å². The van der Waals surface area contributed by atoms with E-state index in [4.69, 9.17) is 4.74 Å². The van der Waals surface area contributed by atoms with Crippen molar-refractivity contribution in [3.63, 3.8) is 0 Å². The van der Waals surface area contributed by atoms with Crippen LogP contribution in [0.1, 0.15) is 51.0 Å². The maximum atomic E-state index is 10.9. The molecule has 1 aliphatic carbocycles. The molecule has 1 unspecified atom stereocenters. The van der Waals surface area contributed by atoms with Crippen LogP contribution < -0.4 is 5.76 Å². The third-order valence-corrected chi connectivity index (χ3v) is 3.15. The molecule has 0 bridgehead atoms. The van der Waals surface area contributed by atoms with Gasteiger partial charge in [0.1, 0.15) is 6.10 Å². The molecule has 5 heteroatoms. The van der Waals surface area contributed by atoms with Crippen molar-refractivity contribution in [1.29, 1.82) is 0 Å². The van der Waals surface area contributed by atoms with E-state index in [9.17, 15) is 4.79 Å². The Morgan fingerprint density at radius 1 is 1.50 bits per heavy atom. The Kier molecular flexibility index (Phi) is 3.77. The highest BCUT2D eigenvalue weighted by Gasteiger charge is 2.28. The van der Waals surface area contributed by atoms with Crippen molar-refractivity contribution < 1.29 is 9.26 Å². The number of hydrogen-bond donors (Lipinski definition) is 1. The number of hydrogen-bond acceptors (Lipinski definition) is 4. The van der Waals surface area contributed by atoms with Gasteiger partial charge in [-0.05, 0) is 25.7 Å². The summed E-state index contributed by atoms with van der Waals surface area (Å²) in [4.78, 5) is 13.5. The first-order valence-corrected chi connectivity index (χ1v) is 5.98. The van der Waals surface area contributed by atoms with Crippen molar-refractivity contribution in [2.75, 3.05) is 6.61 Å². The Morgan fingerprint density at radius 2 is 2.25 bits per heavy atom. The molecule has 16 heavy (non-hydrogen) atoms. The van der Waals surface area contributed by atoms with E-state index in [1.165, 1.54) is 19.3 Å². The van der Waals surface area contributed by atoms with Crippen molar-refractivity contribution in [2.45, 2.75) is 45.1 Å². The zero-order valence-corrected chi connectivity index (χ0v) is 9.57. The molecule has 2 rings (SSSR count). The largest absolute Gasteiger partial charge is 0.438 e. The zero-order valence-electron chi connectivity index (χ0n) is 9.57. The summed E-state index contributed by atoms with van der Waals surface area (Å²) in [5, 5.41) is 3.74. The molecule has 1 heterocycles. The number of nitrogens with zero attached hydrogens (tertiary/aromatic N) is 1. The third-order valence-electron chi connectivity index (χ3n) is 3.15. The van der Waals surface area contributed by atoms with Gasteiger partial charge in [-0.2, -0.15) is 0 Å². The Labute approximate surface area is 94.2 Å². The molecule has 1 aromatic rings. The molecule has 0 spiro atoms. The topological polar surface area (TPSA) is 68.1 Å². The van der Waals surface area contributed by atoms with Gasteiger partial charge < -0.3 is 4.74 Å². The number of rotatable bonds is 4. The van der Waals surface area contributed by atoms with Crippen LogP contribution >= 0.6 is 0 Å². The second-order valence-electron chi connectivity index (χ2n) is 4.25. The number of ether oxygens (including phenoxy) is 1. The number of aromatic nitrogens is 2. The minimum Gasteiger partial charge on any atom is -0.370 e. The summed E-state index contributed by atoms with van der Waals surface area (Å²) in [6.07, 6.45) is 5.92. The molecule has 1 aromatic heterocycles. The SMILES string of the molecule is CCOC(c1noc(=O)[nH]1)C1CCCCC1. The Morgan fingerprint density at radius 3 is 2.81 bits per heavy atom. The monoisotopic (exact) mass is 226 g/mol. The van der Waals surface area contributed by atoms with Gasteiger partial charge in [0.05, 0.1) is 0 Å². The van der Waals surface area contributed by atoms with E-state index >= 15 is 0 Å². The minimum atomic E-state index is -0.504. The molecule has 1 fully saturated rings. The normalized spacial score (nSPS) is 19.8. The molecule has 0 saturated heterocycles. The van der Waals surface area contributed by atoms with E-state index in [2.05, 4.69) is 14.7 Å². The molecule has 0 aromatic carbocycles. The first-order chi connectivity index (χ1) is 7.81. The highest BCUT2D eigenvalue weighted by Crippen LogP contribution is 2.35. The fourth-order valence-corrected chi connectivity index (χ4v) is 2.42. The lowest BCUT2D eigenvalue weighted by molar-refractivity contribution is -0.00145. The third kappa shape index (κ3) is 2.52. The Bertz CT molecular complexity index is 365. The standard InChI is InChI=1S/C11H18N2O3/c1-2-15-9(8-6-4-3-5-7-8)10-12-11(14)16-13-10/h8-9H,2-7H2,1H3,(H,12,13,14). The van der Waals surface area contributed by atoms with Gasteiger partial charge in [0.15, 0.2) is 5.82 Å². The van der Waals surface area contributed by atoms with Gasteiger partial charge in [0.2, 0.25) is 0 Å². The van der Waals surface area contributed by atoms with Crippen molar-refractivity contribution in [1.82, 2.24) is 10.1 Å². The molecule has 1 N–H and O–H groups in total. The maximum Gasteiger partial charge on any atom is 0.438 e. The summed E-state index contributed by atoms with van der Waals surface area (Å²) in [5.41, 5.74) is 0. The van der Waals surface area contributed by atoms with Gasteiger partial charge in [-0.1, -0.05) is 24.4 Å². The zero-order chi connectivity index (χ0) is 11.4. The van der Waals surface area contributed by atoms with E-state index < -0.39 is 5.76 Å². The molecule has 0 radical (unpaired) electrons. The minimum absolute atomic E-state index is 0.114. The maximum absolute atomic E-state index is 10.9. The highest BCUT2D eigenvalue weighted by molar-refractivity contribution is 4.91. The predicted molar refractivity (Wildman–Crippen MR) is 58.1 cm³/mol. The van der Waals surface area contributed by atoms with Crippen LogP contribution in [0, 0.1) is 5.92 Å². The molecule has 90 valence electrons. The molecule has 1 saturated carbocycles. The van der Waals surface area contributed by atoms with Gasteiger partial charge in [0.25, 0.3) is 0 Å². The van der Waals surface area contributed by atoms with Gasteiger partial charge in [-0.25, -0.2) is 4.79 Å². The first kappa shape index (κ1) is 11.4. The number of aromatic amines is 1. The number of nitrogens with one attached hydrogen (secondary N) is 1. The van der Waals surface area contributed by atoms with Crippen LogP contribution in [0.15, 0.2) is 9.32 Å². The van der Waals surface area contributed by atoms with Gasteiger partial charge in [0, 0.05) is 6.61 Å². The lowest BCUT2D eigenvalue weighted by Gasteiger charge is -2.27. The summed E-state index contributed by atoms with van der Waals surface area (Å²) >= 11 is 0. The van der Waals surface area contributed by atoms with E-state index in [1.54, 1.807) is 0 Å². The van der Waals surface area contributed by atoms with Crippen LogP contribution in [0.3, 0.4) is 0 Å². The van der Waals surface area contributed by atoms with Crippen molar-refractivity contribution in [3.8, 4) is 0 Å². The molecule has 0 amide bonds. The molecular weight excluding hydrogens is 208 g/mol. The van der Waals surface area contributed by atoms with Crippen molar-refractivity contribution in [2.24, 2.45) is 5.92 Å². The lowest BCUT2D eigenvalue weighted by Crippen LogP contribution is -2.20. The van der Waals surface area contributed by atoms with Gasteiger partial charge in [-0.3, -0.25) is 9.51 Å². The number of H-pyrrole nitrogens is 1. The van der Waals surface area contributed by atoms with E-state index in [0.717, 1.165) is 12.8 Å². The van der Waals surface area contributed by atoms with E-state index in [1.807, 2.05) is 6.92 Å². The Hall–Kier alpha value is -1.10. The van der Waals surface area contributed by atoms with E-state index in [0.29, 0.717) is 18.3 Å². The lowest BCUT2D eigenvalue weighted by atomic mass is 9.85. The van der Waals surface area contributed by atoms with E-state index in [-0.39, 0.29) is 6.10 Å². The molecule has 1 atom stereocenters. The molecule has 1 aliphatic rings. The van der Waals surface area contributed by atoms with Crippen LogP contribution in [0.4, 0.5) is 0 Å². The summed E-state index contributed by atoms with van der Waals surface area (Å²) < 4.78 is 10.2. The van der Waals surface area contributed by atoms with Crippen LogP contribution in [-0.2, 0) is 4.74 Å². The average Bonchev–Trinajstić information content (AvgIpc) is 2.74. The second kappa shape index (κ2) is 5.30. The summed E-state index contributed by atoms with van der Waals surface area (Å²) in [6, 6.07) is 0. The quantitative estimate of drug-likeness (QED) is 0.852. The fourth-order valence-electron chi connectivity index (χ4n) is 2.42. The summed E-state index contributed by atoms with van der Waals surface area (Å²) in [6.45, 7) is 2.57. The van der Waals surface area contributed by atoms with Crippen LogP contribution in [0.5, 0.6) is 0 Å². The average molecular weight is 226 g/mol. The van der Waals surface area contributed by atoms with Crippen LogP contribution in [0.25, 0.3) is 0 Å². The molecule has 5 nitrogen and oxygen atoms in total. The predicted octanol–water partition coefficient (Wildman–Crippen LogP) is 2.02. The molecule has 0 aliphatic heterocycles. The Balaban J connectivity index is 2.12.